The smallest absolute Gasteiger partial charge is 0.360 e. The van der Waals surface area contributed by atoms with E-state index in [0.717, 1.165) is 0 Å². The minimum absolute atomic E-state index is 0.0708. The fourth-order valence-electron chi connectivity index (χ4n) is 2.19. The summed E-state index contributed by atoms with van der Waals surface area (Å²) < 4.78 is 16.9. The molecule has 0 aliphatic rings. The maximum atomic E-state index is 12.2. The maximum Gasteiger partial charge on any atom is 0.360 e. The van der Waals surface area contributed by atoms with Gasteiger partial charge in [-0.25, -0.2) is 4.79 Å². The van der Waals surface area contributed by atoms with E-state index in [2.05, 4.69) is 15.2 Å². The van der Waals surface area contributed by atoms with Gasteiger partial charge in [-0.1, -0.05) is 12.1 Å². The average molecular weight is 347 g/mol. The van der Waals surface area contributed by atoms with Crippen molar-refractivity contribution in [2.75, 3.05) is 26.1 Å². The number of amides is 1. The van der Waals surface area contributed by atoms with E-state index in [1.54, 1.807) is 33.2 Å². The highest BCUT2D eigenvalue weighted by atomic mass is 16.5. The summed E-state index contributed by atoms with van der Waals surface area (Å²) in [5.74, 6) is 0.255. The van der Waals surface area contributed by atoms with Crippen LogP contribution < -0.4 is 14.8 Å². The van der Waals surface area contributed by atoms with Crippen molar-refractivity contribution in [1.29, 1.82) is 0 Å². The summed E-state index contributed by atoms with van der Waals surface area (Å²) in [6, 6.07) is 7.19. The molecule has 2 aromatic rings. The van der Waals surface area contributed by atoms with Gasteiger partial charge in [-0.15, -0.1) is 0 Å². The van der Waals surface area contributed by atoms with Crippen LogP contribution in [0.5, 0.6) is 11.5 Å². The second-order valence-corrected chi connectivity index (χ2v) is 5.22. The number of aromatic nitrogens is 2. The Hall–Kier alpha value is -3.03. The average Bonchev–Trinajstić information content (AvgIpc) is 2.89. The SMILES string of the molecule is COC(=O)c1nn(C)c(C)c1NC(=O)CCOc1ccccc1OC. The van der Waals surface area contributed by atoms with Crippen molar-refractivity contribution in [2.24, 2.45) is 7.05 Å². The number of benzene rings is 1. The molecule has 0 fully saturated rings. The Labute approximate surface area is 145 Å². The lowest BCUT2D eigenvalue weighted by Crippen LogP contribution is -2.17. The first-order valence-electron chi connectivity index (χ1n) is 7.65. The summed E-state index contributed by atoms with van der Waals surface area (Å²) in [7, 11) is 4.50. The van der Waals surface area contributed by atoms with E-state index in [1.807, 2.05) is 12.1 Å². The summed E-state index contributed by atoms with van der Waals surface area (Å²) in [4.78, 5) is 23.9. The van der Waals surface area contributed by atoms with Crippen molar-refractivity contribution in [3.8, 4) is 11.5 Å². The topological polar surface area (TPSA) is 91.7 Å². The fourth-order valence-corrected chi connectivity index (χ4v) is 2.19. The molecule has 0 bridgehead atoms. The van der Waals surface area contributed by atoms with Crippen LogP contribution in [0.2, 0.25) is 0 Å². The number of para-hydroxylation sites is 2. The summed E-state index contributed by atoms with van der Waals surface area (Å²) in [5, 5.41) is 6.76. The first-order chi connectivity index (χ1) is 12.0. The first-order valence-corrected chi connectivity index (χ1v) is 7.65. The lowest BCUT2D eigenvalue weighted by atomic mass is 10.2. The van der Waals surface area contributed by atoms with Crippen molar-refractivity contribution in [1.82, 2.24) is 9.78 Å². The Balaban J connectivity index is 1.98. The van der Waals surface area contributed by atoms with Crippen LogP contribution in [0, 0.1) is 6.92 Å². The number of nitrogens with zero attached hydrogens (tertiary/aromatic N) is 2. The number of methoxy groups -OCH3 is 2. The van der Waals surface area contributed by atoms with Crippen molar-refractivity contribution in [2.45, 2.75) is 13.3 Å². The lowest BCUT2D eigenvalue weighted by molar-refractivity contribution is -0.116. The fraction of sp³-hybridized carbons (Fsp3) is 0.353. The summed E-state index contributed by atoms with van der Waals surface area (Å²) in [5.41, 5.74) is 1.07. The minimum Gasteiger partial charge on any atom is -0.493 e. The largest absolute Gasteiger partial charge is 0.493 e. The van der Waals surface area contributed by atoms with Gasteiger partial charge in [-0.05, 0) is 19.1 Å². The number of nitrogens with one attached hydrogen (secondary N) is 1. The summed E-state index contributed by atoms with van der Waals surface area (Å²) >= 11 is 0. The zero-order valence-corrected chi connectivity index (χ0v) is 14.7. The van der Waals surface area contributed by atoms with Crippen molar-refractivity contribution in [3.63, 3.8) is 0 Å². The van der Waals surface area contributed by atoms with Gasteiger partial charge in [0.25, 0.3) is 0 Å². The number of anilines is 1. The van der Waals surface area contributed by atoms with E-state index >= 15 is 0 Å². The highest BCUT2D eigenvalue weighted by Gasteiger charge is 2.21. The van der Waals surface area contributed by atoms with Crippen LogP contribution in [0.3, 0.4) is 0 Å². The van der Waals surface area contributed by atoms with Gasteiger partial charge in [-0.2, -0.15) is 5.10 Å². The van der Waals surface area contributed by atoms with Crippen LogP contribution in [0.4, 0.5) is 5.69 Å². The number of hydrogen-bond acceptors (Lipinski definition) is 6. The Morgan fingerprint density at radius 2 is 1.88 bits per heavy atom. The van der Waals surface area contributed by atoms with E-state index < -0.39 is 5.97 Å². The van der Waals surface area contributed by atoms with E-state index in [-0.39, 0.29) is 24.6 Å². The molecule has 0 radical (unpaired) electrons. The van der Waals surface area contributed by atoms with Gasteiger partial charge in [0.1, 0.15) is 0 Å². The Morgan fingerprint density at radius 3 is 2.52 bits per heavy atom. The van der Waals surface area contributed by atoms with Crippen LogP contribution >= 0.6 is 0 Å². The van der Waals surface area contributed by atoms with Crippen molar-refractivity contribution >= 4 is 17.6 Å². The van der Waals surface area contributed by atoms with Gasteiger partial charge in [0, 0.05) is 7.05 Å². The third kappa shape index (κ3) is 4.28. The number of rotatable bonds is 7. The molecular formula is C17H21N3O5. The van der Waals surface area contributed by atoms with Gasteiger partial charge in [0.05, 0.1) is 38.6 Å². The molecule has 0 aliphatic heterocycles. The van der Waals surface area contributed by atoms with Crippen LogP contribution in [-0.4, -0.2) is 42.5 Å². The second kappa shape index (κ2) is 8.18. The normalized spacial score (nSPS) is 10.2. The minimum atomic E-state index is -0.607. The number of ether oxygens (including phenoxy) is 3. The molecule has 134 valence electrons. The van der Waals surface area contributed by atoms with Gasteiger partial charge in [0.2, 0.25) is 5.91 Å². The highest BCUT2D eigenvalue weighted by molar-refractivity contribution is 6.00. The van der Waals surface area contributed by atoms with E-state index in [9.17, 15) is 9.59 Å². The summed E-state index contributed by atoms with van der Waals surface area (Å²) in [6.07, 6.45) is 0.104. The van der Waals surface area contributed by atoms with Crippen molar-refractivity contribution < 1.29 is 23.8 Å². The number of hydrogen-bond donors (Lipinski definition) is 1. The molecule has 0 saturated carbocycles. The van der Waals surface area contributed by atoms with Crippen LogP contribution in [0.25, 0.3) is 0 Å². The van der Waals surface area contributed by atoms with Crippen LogP contribution in [-0.2, 0) is 16.6 Å². The molecule has 0 aliphatic carbocycles. The molecule has 1 aromatic carbocycles. The van der Waals surface area contributed by atoms with Crippen molar-refractivity contribution in [3.05, 3.63) is 35.7 Å². The van der Waals surface area contributed by atoms with Crippen LogP contribution in [0.1, 0.15) is 22.6 Å². The molecule has 0 unspecified atom stereocenters. The third-order valence-corrected chi connectivity index (χ3v) is 3.63. The number of esters is 1. The van der Waals surface area contributed by atoms with Gasteiger partial charge in [0.15, 0.2) is 17.2 Å². The Bertz CT molecular complexity index is 770. The quantitative estimate of drug-likeness (QED) is 0.770. The molecular weight excluding hydrogens is 326 g/mol. The van der Waals surface area contributed by atoms with E-state index in [1.165, 1.54) is 11.8 Å². The first kappa shape index (κ1) is 18.3. The molecule has 8 nitrogen and oxygen atoms in total. The molecule has 1 aromatic heterocycles. The predicted molar refractivity (Wildman–Crippen MR) is 91.0 cm³/mol. The molecule has 25 heavy (non-hydrogen) atoms. The molecule has 0 saturated heterocycles. The maximum absolute atomic E-state index is 12.2. The standard InChI is InChI=1S/C17H21N3O5/c1-11-15(16(17(22)24-4)19-20(11)2)18-14(21)9-10-25-13-8-6-5-7-12(13)23-3/h5-8H,9-10H2,1-4H3,(H,18,21). The van der Waals surface area contributed by atoms with E-state index in [4.69, 9.17) is 9.47 Å². The molecule has 1 N–H and O–H groups in total. The summed E-state index contributed by atoms with van der Waals surface area (Å²) in [6.45, 7) is 1.92. The Morgan fingerprint density at radius 1 is 1.20 bits per heavy atom. The highest BCUT2D eigenvalue weighted by Crippen LogP contribution is 2.26. The number of aryl methyl sites for hydroxylation is 1. The Kier molecular flexibility index (Phi) is 5.99. The monoisotopic (exact) mass is 347 g/mol. The van der Waals surface area contributed by atoms with Gasteiger partial charge in [-0.3, -0.25) is 9.48 Å². The molecule has 0 spiro atoms. The van der Waals surface area contributed by atoms with Gasteiger partial charge >= 0.3 is 5.97 Å². The molecule has 2 rings (SSSR count). The van der Waals surface area contributed by atoms with Crippen LogP contribution in [0.15, 0.2) is 24.3 Å². The zero-order valence-electron chi connectivity index (χ0n) is 14.7. The van der Waals surface area contributed by atoms with E-state index in [0.29, 0.717) is 22.9 Å². The lowest BCUT2D eigenvalue weighted by Gasteiger charge is -2.10. The number of carbonyl (C=O) groups excluding carboxylic acids is 2. The molecule has 1 amide bonds. The second-order valence-electron chi connectivity index (χ2n) is 5.22. The molecule has 1 heterocycles. The zero-order chi connectivity index (χ0) is 18.4. The molecule has 0 atom stereocenters. The molecule has 8 heteroatoms. The number of carbonyl (C=O) groups is 2. The third-order valence-electron chi connectivity index (χ3n) is 3.63. The van der Waals surface area contributed by atoms with Gasteiger partial charge < -0.3 is 19.5 Å². The predicted octanol–water partition coefficient (Wildman–Crippen LogP) is 1.93.